The summed E-state index contributed by atoms with van der Waals surface area (Å²) < 4.78 is 13.0. The monoisotopic (exact) mass is 333 g/mol. The van der Waals surface area contributed by atoms with Crippen LogP contribution in [0.1, 0.15) is 48.1 Å². The Labute approximate surface area is 139 Å². The van der Waals surface area contributed by atoms with Gasteiger partial charge in [0.05, 0.1) is 12.1 Å². The Morgan fingerprint density at radius 2 is 2.00 bits per heavy atom. The summed E-state index contributed by atoms with van der Waals surface area (Å²) in [6.07, 6.45) is 2.24. The second-order valence-corrected chi connectivity index (χ2v) is 6.92. The lowest BCUT2D eigenvalue weighted by molar-refractivity contribution is 0.232. The molecule has 23 heavy (non-hydrogen) atoms. The van der Waals surface area contributed by atoms with Crippen molar-refractivity contribution in [2.45, 2.75) is 38.8 Å². The highest BCUT2D eigenvalue weighted by molar-refractivity contribution is 7.09. The molecule has 2 aromatic rings. The van der Waals surface area contributed by atoms with Crippen molar-refractivity contribution in [3.63, 3.8) is 0 Å². The summed E-state index contributed by atoms with van der Waals surface area (Å²) in [7, 11) is 0. The van der Waals surface area contributed by atoms with Crippen LogP contribution in [0.2, 0.25) is 0 Å². The maximum absolute atomic E-state index is 13.0. The van der Waals surface area contributed by atoms with E-state index in [9.17, 15) is 9.18 Å². The molecule has 6 heteroatoms. The summed E-state index contributed by atoms with van der Waals surface area (Å²) in [6, 6.07) is 5.74. The SMILES string of the molecule is Cc1csc([C@@H](NC(=O)N[C@H](C)c2ccc(F)cc2)C2CC2)n1. The van der Waals surface area contributed by atoms with E-state index in [2.05, 4.69) is 15.6 Å². The first-order valence-corrected chi connectivity index (χ1v) is 8.65. The van der Waals surface area contributed by atoms with E-state index >= 15 is 0 Å². The van der Waals surface area contributed by atoms with E-state index in [1.165, 1.54) is 12.1 Å². The molecule has 3 rings (SSSR count). The first kappa shape index (κ1) is 15.9. The average Bonchev–Trinajstić information content (AvgIpc) is 3.27. The van der Waals surface area contributed by atoms with Gasteiger partial charge in [0.1, 0.15) is 10.8 Å². The van der Waals surface area contributed by atoms with Crippen molar-refractivity contribution >= 4 is 17.4 Å². The number of halogens is 1. The minimum absolute atomic E-state index is 0.0193. The molecule has 2 atom stereocenters. The summed E-state index contributed by atoms with van der Waals surface area (Å²) in [6.45, 7) is 3.84. The van der Waals surface area contributed by atoms with Crippen molar-refractivity contribution in [2.75, 3.05) is 0 Å². The first-order valence-electron chi connectivity index (χ1n) is 7.77. The molecule has 0 saturated heterocycles. The smallest absolute Gasteiger partial charge is 0.315 e. The Hall–Kier alpha value is -1.95. The lowest BCUT2D eigenvalue weighted by Gasteiger charge is -2.19. The first-order chi connectivity index (χ1) is 11.0. The molecular formula is C17H20FN3OS. The fourth-order valence-electron chi connectivity index (χ4n) is 2.54. The maximum atomic E-state index is 13.0. The average molecular weight is 333 g/mol. The molecule has 1 heterocycles. The third-order valence-electron chi connectivity index (χ3n) is 4.00. The number of thiazole rings is 1. The zero-order valence-electron chi connectivity index (χ0n) is 13.2. The summed E-state index contributed by atoms with van der Waals surface area (Å²) in [4.78, 5) is 16.8. The van der Waals surface area contributed by atoms with Gasteiger partial charge in [-0.3, -0.25) is 0 Å². The topological polar surface area (TPSA) is 54.0 Å². The standard InChI is InChI=1S/C17H20FN3OS/c1-10-9-23-16(19-10)15(13-3-4-13)21-17(22)20-11(2)12-5-7-14(18)8-6-12/h5-9,11,13,15H,3-4H2,1-2H3,(H2,20,21,22)/t11-,15+/m1/s1. The number of aryl methyl sites for hydroxylation is 1. The van der Waals surface area contributed by atoms with Crippen molar-refractivity contribution < 1.29 is 9.18 Å². The van der Waals surface area contributed by atoms with Crippen LogP contribution in [-0.2, 0) is 0 Å². The van der Waals surface area contributed by atoms with Gasteiger partial charge in [-0.25, -0.2) is 14.2 Å². The number of carbonyl (C=O) groups is 1. The molecule has 0 radical (unpaired) electrons. The van der Waals surface area contributed by atoms with Crippen LogP contribution >= 0.6 is 11.3 Å². The number of nitrogens with zero attached hydrogens (tertiary/aromatic N) is 1. The second kappa shape index (κ2) is 6.66. The lowest BCUT2D eigenvalue weighted by Crippen LogP contribution is -2.39. The molecule has 1 aliphatic carbocycles. The molecule has 2 amide bonds. The van der Waals surface area contributed by atoms with Crippen molar-refractivity contribution in [1.82, 2.24) is 15.6 Å². The largest absolute Gasteiger partial charge is 0.332 e. The van der Waals surface area contributed by atoms with Crippen molar-refractivity contribution in [2.24, 2.45) is 5.92 Å². The van der Waals surface area contributed by atoms with E-state index in [1.54, 1.807) is 23.5 Å². The molecule has 0 bridgehead atoms. The molecule has 1 fully saturated rings. The van der Waals surface area contributed by atoms with Crippen LogP contribution in [0.15, 0.2) is 29.6 Å². The van der Waals surface area contributed by atoms with Gasteiger partial charge in [-0.2, -0.15) is 0 Å². The van der Waals surface area contributed by atoms with E-state index in [0.29, 0.717) is 5.92 Å². The quantitative estimate of drug-likeness (QED) is 0.865. The second-order valence-electron chi connectivity index (χ2n) is 6.03. The lowest BCUT2D eigenvalue weighted by atomic mass is 10.1. The van der Waals surface area contributed by atoms with E-state index in [-0.39, 0.29) is 23.9 Å². The van der Waals surface area contributed by atoms with E-state index in [0.717, 1.165) is 29.1 Å². The van der Waals surface area contributed by atoms with Crippen molar-refractivity contribution in [3.05, 3.63) is 51.7 Å². The molecule has 1 aromatic heterocycles. The van der Waals surface area contributed by atoms with Crippen molar-refractivity contribution in [3.8, 4) is 0 Å². The fraction of sp³-hybridized carbons (Fsp3) is 0.412. The third kappa shape index (κ3) is 4.07. The highest BCUT2D eigenvalue weighted by Crippen LogP contribution is 2.41. The number of hydrogen-bond donors (Lipinski definition) is 2. The van der Waals surface area contributed by atoms with Crippen LogP contribution in [0.25, 0.3) is 0 Å². The Morgan fingerprint density at radius 3 is 2.57 bits per heavy atom. The van der Waals surface area contributed by atoms with E-state index in [4.69, 9.17) is 0 Å². The van der Waals surface area contributed by atoms with Gasteiger partial charge in [-0.05, 0) is 50.3 Å². The van der Waals surface area contributed by atoms with Crippen LogP contribution in [-0.4, -0.2) is 11.0 Å². The van der Waals surface area contributed by atoms with E-state index in [1.807, 2.05) is 19.2 Å². The van der Waals surface area contributed by atoms with Crippen LogP contribution in [0, 0.1) is 18.7 Å². The molecule has 1 saturated carbocycles. The summed E-state index contributed by atoms with van der Waals surface area (Å²) >= 11 is 1.59. The molecular weight excluding hydrogens is 313 g/mol. The molecule has 1 aromatic carbocycles. The fourth-order valence-corrected chi connectivity index (χ4v) is 3.48. The van der Waals surface area contributed by atoms with Gasteiger partial charge in [0.2, 0.25) is 0 Å². The maximum Gasteiger partial charge on any atom is 0.315 e. The number of rotatable bonds is 5. The molecule has 0 unspecified atom stereocenters. The Balaban J connectivity index is 1.62. The number of nitrogens with one attached hydrogen (secondary N) is 2. The Morgan fingerprint density at radius 1 is 1.30 bits per heavy atom. The van der Waals surface area contributed by atoms with Gasteiger partial charge in [0.15, 0.2) is 0 Å². The normalized spacial score (nSPS) is 16.7. The van der Waals surface area contributed by atoms with Crippen LogP contribution in [0.5, 0.6) is 0 Å². The highest BCUT2D eigenvalue weighted by Gasteiger charge is 2.35. The number of urea groups is 1. The van der Waals surface area contributed by atoms with Gasteiger partial charge >= 0.3 is 6.03 Å². The molecule has 1 aliphatic rings. The Bertz CT molecular complexity index is 681. The Kier molecular flexibility index (Phi) is 4.61. The summed E-state index contributed by atoms with van der Waals surface area (Å²) in [5.74, 6) is 0.200. The zero-order valence-corrected chi connectivity index (χ0v) is 14.0. The number of carbonyl (C=O) groups excluding carboxylic acids is 1. The minimum atomic E-state index is -0.279. The van der Waals surface area contributed by atoms with Gasteiger partial charge in [-0.15, -0.1) is 11.3 Å². The molecule has 122 valence electrons. The summed E-state index contributed by atoms with van der Waals surface area (Å²) in [5.41, 5.74) is 1.85. The highest BCUT2D eigenvalue weighted by atomic mass is 32.1. The van der Waals surface area contributed by atoms with Crippen molar-refractivity contribution in [1.29, 1.82) is 0 Å². The number of benzene rings is 1. The predicted octanol–water partition coefficient (Wildman–Crippen LogP) is 4.10. The van der Waals surface area contributed by atoms with Gasteiger partial charge in [0.25, 0.3) is 0 Å². The van der Waals surface area contributed by atoms with Crippen LogP contribution in [0.3, 0.4) is 0 Å². The van der Waals surface area contributed by atoms with E-state index < -0.39 is 0 Å². The number of amides is 2. The minimum Gasteiger partial charge on any atom is -0.332 e. The van der Waals surface area contributed by atoms with Crippen LogP contribution in [0.4, 0.5) is 9.18 Å². The zero-order chi connectivity index (χ0) is 16.4. The van der Waals surface area contributed by atoms with Gasteiger partial charge in [-0.1, -0.05) is 12.1 Å². The molecule has 0 aliphatic heterocycles. The number of aromatic nitrogens is 1. The molecule has 4 nitrogen and oxygen atoms in total. The molecule has 0 spiro atoms. The molecule has 2 N–H and O–H groups in total. The third-order valence-corrected chi connectivity index (χ3v) is 5.05. The number of hydrogen-bond acceptors (Lipinski definition) is 3. The predicted molar refractivity (Wildman–Crippen MR) is 88.8 cm³/mol. The summed E-state index contributed by atoms with van der Waals surface area (Å²) in [5, 5.41) is 8.93. The van der Waals surface area contributed by atoms with Gasteiger partial charge in [0, 0.05) is 11.1 Å². The van der Waals surface area contributed by atoms with Crippen LogP contribution < -0.4 is 10.6 Å². The van der Waals surface area contributed by atoms with Gasteiger partial charge < -0.3 is 10.6 Å².